The smallest absolute Gasteiger partial charge is 0.224 e. The number of amides is 1. The molecule has 4 rings (SSSR count). The van der Waals surface area contributed by atoms with Crippen LogP contribution in [0.4, 0.5) is 11.4 Å². The molecule has 1 saturated heterocycles. The number of fused-ring (bicyclic) bond motifs is 1. The molecular formula is C26H30N2O3. The number of methoxy groups -OCH3 is 2. The maximum absolute atomic E-state index is 12.6. The summed E-state index contributed by atoms with van der Waals surface area (Å²) >= 11 is 0. The van der Waals surface area contributed by atoms with Crippen LogP contribution in [0.5, 0.6) is 5.75 Å². The summed E-state index contributed by atoms with van der Waals surface area (Å²) in [4.78, 5) is 15.0. The molecule has 31 heavy (non-hydrogen) atoms. The summed E-state index contributed by atoms with van der Waals surface area (Å²) in [5, 5.41) is 5.32. The van der Waals surface area contributed by atoms with Gasteiger partial charge in [-0.05, 0) is 60.4 Å². The fourth-order valence-electron chi connectivity index (χ4n) is 4.33. The summed E-state index contributed by atoms with van der Waals surface area (Å²) in [6.45, 7) is 1.99. The molecule has 1 N–H and O–H groups in total. The molecule has 0 radical (unpaired) electrons. The van der Waals surface area contributed by atoms with Crippen LogP contribution in [-0.2, 0) is 16.0 Å². The number of benzene rings is 3. The van der Waals surface area contributed by atoms with Crippen LogP contribution in [0.1, 0.15) is 24.8 Å². The number of anilines is 2. The van der Waals surface area contributed by atoms with Crippen LogP contribution in [0.25, 0.3) is 10.8 Å². The summed E-state index contributed by atoms with van der Waals surface area (Å²) < 4.78 is 11.0. The van der Waals surface area contributed by atoms with Crippen LogP contribution in [0.2, 0.25) is 0 Å². The summed E-state index contributed by atoms with van der Waals surface area (Å²) in [6, 6.07) is 20.4. The van der Waals surface area contributed by atoms with E-state index in [1.165, 1.54) is 5.69 Å². The molecule has 162 valence electrons. The molecule has 0 aromatic heterocycles. The van der Waals surface area contributed by atoms with E-state index in [-0.39, 0.29) is 5.91 Å². The molecule has 3 aromatic rings. The molecule has 1 amide bonds. The van der Waals surface area contributed by atoms with E-state index >= 15 is 0 Å². The Morgan fingerprint density at radius 3 is 2.45 bits per heavy atom. The number of piperidine rings is 1. The quantitative estimate of drug-likeness (QED) is 0.584. The standard InChI is InChI=1S/C26H30N2O3/c1-30-22-15-17-28(18-16-22)21-10-8-20(9-11-21)27-26(29)14-12-24-23-6-4-3-5-19(23)7-13-25(24)31-2/h3-11,13,22H,12,14-18H2,1-2H3,(H,27,29). The maximum Gasteiger partial charge on any atom is 0.224 e. The van der Waals surface area contributed by atoms with E-state index in [0.717, 1.165) is 53.7 Å². The summed E-state index contributed by atoms with van der Waals surface area (Å²) in [6.07, 6.45) is 3.49. The van der Waals surface area contributed by atoms with E-state index in [9.17, 15) is 4.79 Å². The van der Waals surface area contributed by atoms with Gasteiger partial charge in [0.15, 0.2) is 0 Å². The number of nitrogens with one attached hydrogen (secondary N) is 1. The zero-order chi connectivity index (χ0) is 21.6. The number of carbonyl (C=O) groups is 1. The topological polar surface area (TPSA) is 50.8 Å². The van der Waals surface area contributed by atoms with E-state index in [1.807, 2.05) is 30.3 Å². The first kappa shape index (κ1) is 21.2. The zero-order valence-electron chi connectivity index (χ0n) is 18.3. The molecule has 1 heterocycles. The van der Waals surface area contributed by atoms with Crippen LogP contribution in [-0.4, -0.2) is 39.3 Å². The second kappa shape index (κ2) is 9.84. The van der Waals surface area contributed by atoms with Crippen molar-refractivity contribution in [2.75, 3.05) is 37.5 Å². The van der Waals surface area contributed by atoms with Crippen molar-refractivity contribution >= 4 is 28.1 Å². The monoisotopic (exact) mass is 418 g/mol. The summed E-state index contributed by atoms with van der Waals surface area (Å²) in [7, 11) is 3.46. The van der Waals surface area contributed by atoms with Gasteiger partial charge in [0.25, 0.3) is 0 Å². The molecule has 0 saturated carbocycles. The zero-order valence-corrected chi connectivity index (χ0v) is 18.3. The Balaban J connectivity index is 1.36. The minimum Gasteiger partial charge on any atom is -0.496 e. The predicted molar refractivity (Wildman–Crippen MR) is 126 cm³/mol. The highest BCUT2D eigenvalue weighted by Crippen LogP contribution is 2.29. The van der Waals surface area contributed by atoms with Crippen molar-refractivity contribution < 1.29 is 14.3 Å². The molecule has 5 nitrogen and oxygen atoms in total. The van der Waals surface area contributed by atoms with Crippen LogP contribution >= 0.6 is 0 Å². The van der Waals surface area contributed by atoms with E-state index in [0.29, 0.717) is 18.9 Å². The average molecular weight is 419 g/mol. The minimum atomic E-state index is 0.00338. The lowest BCUT2D eigenvalue weighted by Crippen LogP contribution is -2.36. The van der Waals surface area contributed by atoms with E-state index in [4.69, 9.17) is 9.47 Å². The van der Waals surface area contributed by atoms with Gasteiger partial charge in [-0.15, -0.1) is 0 Å². The normalized spacial score (nSPS) is 14.6. The van der Waals surface area contributed by atoms with Gasteiger partial charge in [-0.1, -0.05) is 30.3 Å². The SMILES string of the molecule is COc1ccc2ccccc2c1CCC(=O)Nc1ccc(N2CCC(OC)CC2)cc1. The molecule has 5 heteroatoms. The highest BCUT2D eigenvalue weighted by Gasteiger charge is 2.19. The van der Waals surface area contributed by atoms with Crippen LogP contribution in [0, 0.1) is 0 Å². The second-order valence-electron chi connectivity index (χ2n) is 7.98. The maximum atomic E-state index is 12.6. The molecule has 1 aliphatic heterocycles. The van der Waals surface area contributed by atoms with Gasteiger partial charge < -0.3 is 19.7 Å². The number of ether oxygens (including phenoxy) is 2. The van der Waals surface area contributed by atoms with Gasteiger partial charge in [0.05, 0.1) is 13.2 Å². The van der Waals surface area contributed by atoms with E-state index < -0.39 is 0 Å². The summed E-state index contributed by atoms with van der Waals surface area (Å²) in [5.74, 6) is 0.830. The minimum absolute atomic E-state index is 0.00338. The molecule has 0 aliphatic carbocycles. The Morgan fingerprint density at radius 1 is 1.00 bits per heavy atom. The number of rotatable bonds is 7. The Morgan fingerprint density at radius 2 is 1.74 bits per heavy atom. The van der Waals surface area contributed by atoms with Crippen molar-refractivity contribution in [2.45, 2.75) is 31.8 Å². The highest BCUT2D eigenvalue weighted by molar-refractivity contribution is 5.92. The van der Waals surface area contributed by atoms with Crippen LogP contribution < -0.4 is 15.0 Å². The molecule has 3 aromatic carbocycles. The van der Waals surface area contributed by atoms with Gasteiger partial charge in [-0.3, -0.25) is 4.79 Å². The number of hydrogen-bond acceptors (Lipinski definition) is 4. The Bertz CT molecular complexity index is 1020. The molecule has 0 unspecified atom stereocenters. The Hall–Kier alpha value is -3.05. The third kappa shape index (κ3) is 5.00. The van der Waals surface area contributed by atoms with Crippen molar-refractivity contribution in [2.24, 2.45) is 0 Å². The van der Waals surface area contributed by atoms with Crippen molar-refractivity contribution in [1.29, 1.82) is 0 Å². The first-order chi connectivity index (χ1) is 15.2. The molecule has 0 bridgehead atoms. The van der Waals surface area contributed by atoms with Gasteiger partial charge in [0.1, 0.15) is 5.75 Å². The van der Waals surface area contributed by atoms with Crippen LogP contribution in [0.3, 0.4) is 0 Å². The number of aryl methyl sites for hydroxylation is 1. The third-order valence-corrected chi connectivity index (χ3v) is 6.11. The predicted octanol–water partition coefficient (Wildman–Crippen LogP) is 5.03. The van der Waals surface area contributed by atoms with Crippen LogP contribution in [0.15, 0.2) is 60.7 Å². The second-order valence-corrected chi connectivity index (χ2v) is 7.98. The average Bonchev–Trinajstić information content (AvgIpc) is 2.83. The van der Waals surface area contributed by atoms with Crippen molar-refractivity contribution in [1.82, 2.24) is 0 Å². The van der Waals surface area contributed by atoms with Gasteiger partial charge in [0, 0.05) is 43.6 Å². The Labute approximate surface area is 184 Å². The number of carbonyl (C=O) groups excluding carboxylic acids is 1. The van der Waals surface area contributed by atoms with E-state index in [1.54, 1.807) is 14.2 Å². The third-order valence-electron chi connectivity index (χ3n) is 6.11. The van der Waals surface area contributed by atoms with Crippen molar-refractivity contribution in [3.8, 4) is 5.75 Å². The fourth-order valence-corrected chi connectivity index (χ4v) is 4.33. The molecule has 0 spiro atoms. The molecule has 1 aliphatic rings. The first-order valence-electron chi connectivity index (χ1n) is 10.9. The van der Waals surface area contributed by atoms with Gasteiger partial charge in [-0.25, -0.2) is 0 Å². The van der Waals surface area contributed by atoms with Gasteiger partial charge in [-0.2, -0.15) is 0 Å². The Kier molecular flexibility index (Phi) is 6.73. The van der Waals surface area contributed by atoms with Gasteiger partial charge in [0.2, 0.25) is 5.91 Å². The molecular weight excluding hydrogens is 388 g/mol. The fraction of sp³-hybridized carbons (Fsp3) is 0.346. The lowest BCUT2D eigenvalue weighted by Gasteiger charge is -2.33. The van der Waals surface area contributed by atoms with Gasteiger partial charge >= 0.3 is 0 Å². The van der Waals surface area contributed by atoms with E-state index in [2.05, 4.69) is 40.5 Å². The highest BCUT2D eigenvalue weighted by atomic mass is 16.5. The lowest BCUT2D eigenvalue weighted by atomic mass is 9.99. The first-order valence-corrected chi connectivity index (χ1v) is 10.9. The molecule has 1 fully saturated rings. The van der Waals surface area contributed by atoms with Crippen molar-refractivity contribution in [3.05, 3.63) is 66.2 Å². The number of hydrogen-bond donors (Lipinski definition) is 1. The lowest BCUT2D eigenvalue weighted by molar-refractivity contribution is -0.116. The molecule has 0 atom stereocenters. The van der Waals surface area contributed by atoms with Crippen molar-refractivity contribution in [3.63, 3.8) is 0 Å². The number of nitrogens with zero attached hydrogens (tertiary/aromatic N) is 1. The largest absolute Gasteiger partial charge is 0.496 e. The summed E-state index contributed by atoms with van der Waals surface area (Å²) in [5.41, 5.74) is 3.09.